The van der Waals surface area contributed by atoms with Crippen molar-refractivity contribution in [3.05, 3.63) is 23.8 Å². The lowest BCUT2D eigenvalue weighted by Crippen LogP contribution is -2.54. The van der Waals surface area contributed by atoms with Crippen LogP contribution in [0.4, 0.5) is 10.5 Å². The summed E-state index contributed by atoms with van der Waals surface area (Å²) in [5.74, 6) is 0.102. The maximum Gasteiger partial charge on any atom is 0.325 e. The van der Waals surface area contributed by atoms with Crippen LogP contribution in [0.15, 0.2) is 18.2 Å². The van der Waals surface area contributed by atoms with Crippen LogP contribution in [-0.4, -0.2) is 41.9 Å². The molecule has 28 heavy (non-hydrogen) atoms. The zero-order valence-corrected chi connectivity index (χ0v) is 17.2. The molecule has 1 aliphatic heterocycles. The lowest BCUT2D eigenvalue weighted by Gasteiger charge is -2.43. The number of carbonyl (C=O) groups is 3. The fourth-order valence-electron chi connectivity index (χ4n) is 4.90. The van der Waals surface area contributed by atoms with Gasteiger partial charge in [0.2, 0.25) is 5.91 Å². The molecule has 2 aliphatic rings. The van der Waals surface area contributed by atoms with E-state index in [0.717, 1.165) is 16.9 Å². The number of nitrogens with one attached hydrogen (secondary N) is 2. The van der Waals surface area contributed by atoms with Crippen molar-refractivity contribution in [3.63, 3.8) is 0 Å². The lowest BCUT2D eigenvalue weighted by atomic mass is 9.64. The Morgan fingerprint density at radius 2 is 2.04 bits per heavy atom. The van der Waals surface area contributed by atoms with Crippen LogP contribution in [0.2, 0.25) is 0 Å². The van der Waals surface area contributed by atoms with Crippen molar-refractivity contribution < 1.29 is 19.1 Å². The summed E-state index contributed by atoms with van der Waals surface area (Å²) in [5.41, 5.74) is 0.526. The quantitative estimate of drug-likeness (QED) is 0.777. The van der Waals surface area contributed by atoms with Crippen LogP contribution < -0.4 is 15.4 Å². The molecule has 0 radical (unpaired) electrons. The predicted molar refractivity (Wildman–Crippen MR) is 106 cm³/mol. The highest BCUT2D eigenvalue weighted by Gasteiger charge is 2.56. The Morgan fingerprint density at radius 1 is 1.32 bits per heavy atom. The molecule has 7 heteroatoms. The molecule has 1 saturated carbocycles. The van der Waals surface area contributed by atoms with Crippen LogP contribution >= 0.6 is 0 Å². The van der Waals surface area contributed by atoms with E-state index < -0.39 is 17.5 Å². The van der Waals surface area contributed by atoms with Gasteiger partial charge in [-0.25, -0.2) is 4.79 Å². The third-order valence-electron chi connectivity index (χ3n) is 5.55. The van der Waals surface area contributed by atoms with Gasteiger partial charge in [0, 0.05) is 0 Å². The number of benzene rings is 1. The first-order valence-electron chi connectivity index (χ1n) is 9.64. The molecule has 1 heterocycles. The molecule has 2 fully saturated rings. The SMILES string of the molecule is COc1ccc(C)cc1NC(=O)CN1C(=O)N[C@]2(C[C@@H](C)CC(C)(C)C2)C1=O. The zero-order chi connectivity index (χ0) is 20.7. The second-order valence-corrected chi connectivity index (χ2v) is 9.01. The van der Waals surface area contributed by atoms with Crippen LogP contribution in [0.25, 0.3) is 0 Å². The minimum atomic E-state index is -0.903. The van der Waals surface area contributed by atoms with Crippen molar-refractivity contribution in [2.24, 2.45) is 11.3 Å². The van der Waals surface area contributed by atoms with Gasteiger partial charge in [-0.05, 0) is 55.2 Å². The molecule has 0 unspecified atom stereocenters. The number of ether oxygens (including phenoxy) is 1. The summed E-state index contributed by atoms with van der Waals surface area (Å²) >= 11 is 0. The molecular formula is C21H29N3O4. The summed E-state index contributed by atoms with van der Waals surface area (Å²) in [4.78, 5) is 39.3. The normalized spacial score (nSPS) is 26.3. The third-order valence-corrected chi connectivity index (χ3v) is 5.55. The number of anilines is 1. The van der Waals surface area contributed by atoms with Crippen LogP contribution in [0.1, 0.15) is 45.6 Å². The van der Waals surface area contributed by atoms with Gasteiger partial charge in [-0.3, -0.25) is 14.5 Å². The van der Waals surface area contributed by atoms with Crippen molar-refractivity contribution in [2.45, 2.75) is 52.5 Å². The Bertz CT molecular complexity index is 820. The second-order valence-electron chi connectivity index (χ2n) is 9.01. The fraction of sp³-hybridized carbons (Fsp3) is 0.571. The van der Waals surface area contributed by atoms with Crippen molar-refractivity contribution in [2.75, 3.05) is 19.0 Å². The largest absolute Gasteiger partial charge is 0.495 e. The summed E-state index contributed by atoms with van der Waals surface area (Å²) in [6.07, 6.45) is 2.19. The smallest absolute Gasteiger partial charge is 0.325 e. The van der Waals surface area contributed by atoms with Crippen molar-refractivity contribution in [1.82, 2.24) is 10.2 Å². The highest BCUT2D eigenvalue weighted by atomic mass is 16.5. The van der Waals surface area contributed by atoms with Crippen LogP contribution in [0.5, 0.6) is 5.75 Å². The number of urea groups is 1. The first-order valence-corrected chi connectivity index (χ1v) is 9.64. The van der Waals surface area contributed by atoms with Gasteiger partial charge in [0.1, 0.15) is 17.8 Å². The molecule has 7 nitrogen and oxygen atoms in total. The number of aryl methyl sites for hydroxylation is 1. The van der Waals surface area contributed by atoms with Gasteiger partial charge in [0.25, 0.3) is 5.91 Å². The minimum Gasteiger partial charge on any atom is -0.495 e. The summed E-state index contributed by atoms with van der Waals surface area (Å²) in [7, 11) is 1.52. The monoisotopic (exact) mass is 387 g/mol. The van der Waals surface area contributed by atoms with Gasteiger partial charge < -0.3 is 15.4 Å². The van der Waals surface area contributed by atoms with E-state index in [1.165, 1.54) is 7.11 Å². The highest BCUT2D eigenvalue weighted by Crippen LogP contribution is 2.46. The number of amides is 4. The number of carbonyl (C=O) groups excluding carboxylic acids is 3. The molecule has 1 aliphatic carbocycles. The fourth-order valence-corrected chi connectivity index (χ4v) is 4.90. The topological polar surface area (TPSA) is 87.7 Å². The van der Waals surface area contributed by atoms with E-state index in [0.29, 0.717) is 30.2 Å². The Labute approximate surface area is 165 Å². The Morgan fingerprint density at radius 3 is 2.68 bits per heavy atom. The maximum atomic E-state index is 13.1. The van der Waals surface area contributed by atoms with E-state index >= 15 is 0 Å². The van der Waals surface area contributed by atoms with Crippen molar-refractivity contribution in [3.8, 4) is 5.75 Å². The molecule has 1 aromatic rings. The summed E-state index contributed by atoms with van der Waals surface area (Å²) < 4.78 is 5.26. The number of hydrogen-bond donors (Lipinski definition) is 2. The van der Waals surface area contributed by atoms with E-state index in [4.69, 9.17) is 4.74 Å². The average Bonchev–Trinajstić information content (AvgIpc) is 2.76. The molecule has 1 aromatic carbocycles. The van der Waals surface area contributed by atoms with Gasteiger partial charge >= 0.3 is 6.03 Å². The van der Waals surface area contributed by atoms with E-state index in [1.807, 2.05) is 13.0 Å². The molecule has 0 bridgehead atoms. The first kappa shape index (κ1) is 20.2. The molecule has 3 rings (SSSR count). The van der Waals surface area contributed by atoms with Gasteiger partial charge in [0.05, 0.1) is 12.8 Å². The molecule has 0 aromatic heterocycles. The molecule has 2 atom stereocenters. The van der Waals surface area contributed by atoms with Crippen molar-refractivity contribution in [1.29, 1.82) is 0 Å². The van der Waals surface area contributed by atoms with E-state index in [-0.39, 0.29) is 17.9 Å². The van der Waals surface area contributed by atoms with Crippen molar-refractivity contribution >= 4 is 23.5 Å². The van der Waals surface area contributed by atoms with Crippen LogP contribution in [0, 0.1) is 18.3 Å². The molecular weight excluding hydrogens is 358 g/mol. The molecule has 4 amide bonds. The number of hydrogen-bond acceptors (Lipinski definition) is 4. The average molecular weight is 387 g/mol. The number of methoxy groups -OCH3 is 1. The minimum absolute atomic E-state index is 0.0478. The second kappa shape index (κ2) is 7.11. The van der Waals surface area contributed by atoms with Gasteiger partial charge in [-0.2, -0.15) is 0 Å². The zero-order valence-electron chi connectivity index (χ0n) is 17.2. The molecule has 1 spiro atoms. The predicted octanol–water partition coefficient (Wildman–Crippen LogP) is 3.08. The van der Waals surface area contributed by atoms with Crippen LogP contribution in [-0.2, 0) is 9.59 Å². The standard InChI is InChI=1S/C21H29N3O4/c1-13-6-7-16(28-5)15(8-13)22-17(25)11-24-18(26)21(23-19(24)27)10-14(2)9-20(3,4)12-21/h6-8,14H,9-12H2,1-5H3,(H,22,25)(H,23,27)/t14-,21-/m0/s1. The number of imide groups is 1. The molecule has 1 saturated heterocycles. The molecule has 2 N–H and O–H groups in total. The lowest BCUT2D eigenvalue weighted by molar-refractivity contribution is -0.136. The number of nitrogens with zero attached hydrogens (tertiary/aromatic N) is 1. The van der Waals surface area contributed by atoms with Crippen LogP contribution in [0.3, 0.4) is 0 Å². The van der Waals surface area contributed by atoms with Gasteiger partial charge in [-0.15, -0.1) is 0 Å². The van der Waals surface area contributed by atoms with E-state index in [9.17, 15) is 14.4 Å². The molecule has 152 valence electrons. The van der Waals surface area contributed by atoms with Gasteiger partial charge in [-0.1, -0.05) is 26.8 Å². The van der Waals surface area contributed by atoms with E-state index in [2.05, 4.69) is 31.4 Å². The summed E-state index contributed by atoms with van der Waals surface area (Å²) in [6, 6.07) is 4.93. The summed E-state index contributed by atoms with van der Waals surface area (Å²) in [5, 5.41) is 5.64. The maximum absolute atomic E-state index is 13.1. The number of rotatable bonds is 4. The van der Waals surface area contributed by atoms with E-state index in [1.54, 1.807) is 12.1 Å². The highest BCUT2D eigenvalue weighted by molar-refractivity contribution is 6.10. The Hall–Kier alpha value is -2.57. The summed E-state index contributed by atoms with van der Waals surface area (Å²) in [6.45, 7) is 7.91. The first-order chi connectivity index (χ1) is 13.0. The third kappa shape index (κ3) is 3.84. The Balaban J connectivity index is 1.74. The Kier molecular flexibility index (Phi) is 5.12. The van der Waals surface area contributed by atoms with Gasteiger partial charge in [0.15, 0.2) is 0 Å².